The molecule has 4 N–H and O–H groups in total. The van der Waals surface area contributed by atoms with Crippen LogP contribution in [0.15, 0.2) is 0 Å². The third-order valence-corrected chi connectivity index (χ3v) is 9.88. The lowest BCUT2D eigenvalue weighted by atomic mass is 9.64. The quantitative estimate of drug-likeness (QED) is 0.0506. The Labute approximate surface area is 276 Å². The summed E-state index contributed by atoms with van der Waals surface area (Å²) in [6, 6.07) is 0. The lowest BCUT2D eigenvalue weighted by Gasteiger charge is -2.41. The normalized spacial score (nSPS) is 13.1. The summed E-state index contributed by atoms with van der Waals surface area (Å²) < 4.78 is 0. The van der Waals surface area contributed by atoms with E-state index in [2.05, 4.69) is 13.8 Å². The van der Waals surface area contributed by atoms with Gasteiger partial charge < -0.3 is 20.4 Å². The zero-order valence-corrected chi connectivity index (χ0v) is 29.4. The molecule has 7 nitrogen and oxygen atoms in total. The number of hydrogen-bond donors (Lipinski definition) is 4. The van der Waals surface area contributed by atoms with Crippen LogP contribution < -0.4 is 0 Å². The average Bonchev–Trinajstić information content (AvgIpc) is 2.99. The van der Waals surface area contributed by atoms with Crippen molar-refractivity contribution in [1.82, 2.24) is 0 Å². The van der Waals surface area contributed by atoms with Crippen LogP contribution >= 0.6 is 0 Å². The van der Waals surface area contributed by atoms with Crippen LogP contribution in [-0.2, 0) is 14.4 Å². The molecule has 0 aromatic rings. The number of hydrogen-bond acceptors (Lipinski definition) is 4. The fraction of sp³-hybridized carbons (Fsp3) is 0.921. The largest absolute Gasteiger partial charge is 0.481 e. The summed E-state index contributed by atoms with van der Waals surface area (Å²) in [6.07, 6.45) is 30.8. The van der Waals surface area contributed by atoms with E-state index in [0.29, 0.717) is 12.8 Å². The molecular formula is C38H72O7. The summed E-state index contributed by atoms with van der Waals surface area (Å²) in [5.41, 5.74) is -4.87. The molecule has 0 heterocycles. The van der Waals surface area contributed by atoms with Gasteiger partial charge in [0.25, 0.3) is 0 Å². The Morgan fingerprint density at radius 1 is 0.400 bits per heavy atom. The molecule has 0 saturated carbocycles. The molecule has 0 aromatic carbocycles. The second-order valence-electron chi connectivity index (χ2n) is 13.8. The second kappa shape index (κ2) is 28.6. The maximum absolute atomic E-state index is 12.7. The zero-order valence-electron chi connectivity index (χ0n) is 29.4. The highest BCUT2D eigenvalue weighted by Crippen LogP contribution is 2.45. The molecule has 0 aliphatic rings. The van der Waals surface area contributed by atoms with Crippen LogP contribution in [0, 0.1) is 5.41 Å². The third kappa shape index (κ3) is 20.3. The van der Waals surface area contributed by atoms with Crippen LogP contribution in [0.2, 0.25) is 0 Å². The summed E-state index contributed by atoms with van der Waals surface area (Å²) in [4.78, 5) is 36.5. The van der Waals surface area contributed by atoms with Crippen molar-refractivity contribution in [3.63, 3.8) is 0 Å². The van der Waals surface area contributed by atoms with Crippen LogP contribution in [0.3, 0.4) is 0 Å². The van der Waals surface area contributed by atoms with Crippen LogP contribution in [0.4, 0.5) is 0 Å². The smallest absolute Gasteiger partial charge is 0.337 e. The topological polar surface area (TPSA) is 132 Å². The molecule has 0 bridgehead atoms. The molecule has 1 unspecified atom stereocenters. The molecule has 0 aromatic heterocycles. The number of unbranched alkanes of at least 4 members (excludes halogenated alkanes) is 26. The average molecular weight is 641 g/mol. The van der Waals surface area contributed by atoms with E-state index in [9.17, 15) is 34.8 Å². The molecule has 0 saturated heterocycles. The molecule has 0 spiro atoms. The SMILES string of the molecule is CCCCCCCCCCCCCCCCC(CCCCCCCCCCCCCCCC)(C(=O)O)C(O)(CC(=O)O)C(=O)O. The van der Waals surface area contributed by atoms with Crippen molar-refractivity contribution < 1.29 is 34.8 Å². The van der Waals surface area contributed by atoms with Gasteiger partial charge in [0.1, 0.15) is 5.41 Å². The van der Waals surface area contributed by atoms with Crippen molar-refractivity contribution in [2.75, 3.05) is 0 Å². The van der Waals surface area contributed by atoms with E-state index in [0.717, 1.165) is 51.4 Å². The number of carboxylic acids is 3. The lowest BCUT2D eigenvalue weighted by Crippen LogP contribution is -2.59. The van der Waals surface area contributed by atoms with Crippen molar-refractivity contribution >= 4 is 17.9 Å². The highest BCUT2D eigenvalue weighted by molar-refractivity contribution is 5.92. The Bertz CT molecular complexity index is 706. The minimum atomic E-state index is -2.85. The molecule has 0 aliphatic carbocycles. The lowest BCUT2D eigenvalue weighted by molar-refractivity contribution is -0.196. The van der Waals surface area contributed by atoms with Gasteiger partial charge in [-0.25, -0.2) is 4.79 Å². The van der Waals surface area contributed by atoms with Gasteiger partial charge in [-0.2, -0.15) is 0 Å². The van der Waals surface area contributed by atoms with Crippen LogP contribution in [0.1, 0.15) is 213 Å². The predicted molar refractivity (Wildman–Crippen MR) is 185 cm³/mol. The number of rotatable bonds is 35. The van der Waals surface area contributed by atoms with Crippen LogP contribution in [0.5, 0.6) is 0 Å². The van der Waals surface area contributed by atoms with E-state index in [-0.39, 0.29) is 12.8 Å². The standard InChI is InChI=1S/C38H72O7/c1-3-5-7-9-11-13-15-17-19-21-23-25-27-29-31-37(35(41)42,38(45,36(43)44)33-34(39)40)32-30-28-26-24-22-20-18-16-14-12-10-8-6-4-2/h45H,3-33H2,1-2H3,(H,39,40)(H,41,42)(H,43,44). The fourth-order valence-electron chi connectivity index (χ4n) is 6.84. The van der Waals surface area contributed by atoms with E-state index in [1.54, 1.807) is 0 Å². The highest BCUT2D eigenvalue weighted by atomic mass is 16.4. The molecule has 45 heavy (non-hydrogen) atoms. The summed E-state index contributed by atoms with van der Waals surface area (Å²) >= 11 is 0. The van der Waals surface area contributed by atoms with Gasteiger partial charge in [0, 0.05) is 0 Å². The van der Waals surface area contributed by atoms with E-state index >= 15 is 0 Å². The maximum Gasteiger partial charge on any atom is 0.337 e. The minimum Gasteiger partial charge on any atom is -0.481 e. The molecule has 266 valence electrons. The molecule has 1 atom stereocenters. The van der Waals surface area contributed by atoms with Crippen LogP contribution in [0.25, 0.3) is 0 Å². The minimum absolute atomic E-state index is 0.0328. The van der Waals surface area contributed by atoms with E-state index in [1.807, 2.05) is 0 Å². The number of carbonyl (C=O) groups is 3. The summed E-state index contributed by atoms with van der Waals surface area (Å²) in [5.74, 6) is -4.67. The third-order valence-electron chi connectivity index (χ3n) is 9.88. The molecule has 0 amide bonds. The first-order valence-electron chi connectivity index (χ1n) is 19.1. The van der Waals surface area contributed by atoms with Crippen molar-refractivity contribution in [3.05, 3.63) is 0 Å². The molecule has 0 radical (unpaired) electrons. The van der Waals surface area contributed by atoms with Crippen molar-refractivity contribution in [1.29, 1.82) is 0 Å². The first kappa shape index (κ1) is 43.4. The molecule has 7 heteroatoms. The van der Waals surface area contributed by atoms with Gasteiger partial charge in [-0.05, 0) is 12.8 Å². The number of aliphatic hydroxyl groups is 1. The Hall–Kier alpha value is -1.63. The molecule has 0 rings (SSSR count). The number of aliphatic carboxylic acids is 3. The number of carboxylic acid groups (broad SMARTS) is 3. The highest BCUT2D eigenvalue weighted by Gasteiger charge is 2.61. The summed E-state index contributed by atoms with van der Waals surface area (Å²) in [5, 5.41) is 40.8. The van der Waals surface area contributed by atoms with Gasteiger partial charge in [-0.3, -0.25) is 9.59 Å². The molecular weight excluding hydrogens is 568 g/mol. The monoisotopic (exact) mass is 641 g/mol. The Balaban J connectivity index is 4.61. The molecule has 0 fully saturated rings. The first-order valence-corrected chi connectivity index (χ1v) is 19.1. The van der Waals surface area contributed by atoms with Gasteiger partial charge in [0.2, 0.25) is 0 Å². The second-order valence-corrected chi connectivity index (χ2v) is 13.8. The van der Waals surface area contributed by atoms with Gasteiger partial charge in [-0.1, -0.05) is 194 Å². The van der Waals surface area contributed by atoms with Crippen LogP contribution in [-0.4, -0.2) is 43.9 Å². The Morgan fingerprint density at radius 2 is 0.644 bits per heavy atom. The first-order chi connectivity index (χ1) is 21.7. The summed E-state index contributed by atoms with van der Waals surface area (Å²) in [7, 11) is 0. The molecule has 0 aliphatic heterocycles. The van der Waals surface area contributed by atoms with E-state index < -0.39 is 35.3 Å². The van der Waals surface area contributed by atoms with Crippen molar-refractivity contribution in [2.24, 2.45) is 5.41 Å². The van der Waals surface area contributed by atoms with Gasteiger partial charge in [0.05, 0.1) is 6.42 Å². The van der Waals surface area contributed by atoms with Crippen molar-refractivity contribution in [3.8, 4) is 0 Å². The van der Waals surface area contributed by atoms with Gasteiger partial charge in [0.15, 0.2) is 5.60 Å². The Kier molecular flexibility index (Phi) is 27.5. The fourth-order valence-corrected chi connectivity index (χ4v) is 6.84. The van der Waals surface area contributed by atoms with E-state index in [1.165, 1.54) is 116 Å². The van der Waals surface area contributed by atoms with Gasteiger partial charge in [-0.15, -0.1) is 0 Å². The van der Waals surface area contributed by atoms with E-state index in [4.69, 9.17) is 0 Å². The summed E-state index contributed by atoms with van der Waals surface area (Å²) in [6.45, 7) is 4.47. The Morgan fingerprint density at radius 3 is 0.844 bits per heavy atom. The van der Waals surface area contributed by atoms with Crippen molar-refractivity contribution in [2.45, 2.75) is 218 Å². The predicted octanol–water partition coefficient (Wildman–Crippen LogP) is 11.1. The maximum atomic E-state index is 12.7. The zero-order chi connectivity index (χ0) is 33.7. The van der Waals surface area contributed by atoms with Gasteiger partial charge >= 0.3 is 17.9 Å².